The van der Waals surface area contributed by atoms with Gasteiger partial charge in [-0.2, -0.15) is 0 Å². The molecule has 1 aliphatic rings. The van der Waals surface area contributed by atoms with E-state index < -0.39 is 0 Å². The summed E-state index contributed by atoms with van der Waals surface area (Å²) in [6.07, 6.45) is 2.65. The Morgan fingerprint density at radius 1 is 1.52 bits per heavy atom. The lowest BCUT2D eigenvalue weighted by Gasteiger charge is -2.29. The van der Waals surface area contributed by atoms with E-state index in [2.05, 4.69) is 15.4 Å². The van der Waals surface area contributed by atoms with Crippen LogP contribution >= 0.6 is 11.6 Å². The van der Waals surface area contributed by atoms with Gasteiger partial charge in [-0.05, 0) is 44.3 Å². The number of hydrogen-bond donors (Lipinski definition) is 2. The van der Waals surface area contributed by atoms with E-state index in [1.807, 2.05) is 0 Å². The summed E-state index contributed by atoms with van der Waals surface area (Å²) in [6.45, 7) is 5.22. The van der Waals surface area contributed by atoms with E-state index in [9.17, 15) is 9.90 Å². The van der Waals surface area contributed by atoms with Crippen molar-refractivity contribution in [3.05, 3.63) is 16.5 Å². The van der Waals surface area contributed by atoms with Gasteiger partial charge in [-0.1, -0.05) is 5.16 Å². The Kier molecular flexibility index (Phi) is 6.02. The maximum Gasteiger partial charge on any atom is 0.229 e. The van der Waals surface area contributed by atoms with Gasteiger partial charge in [-0.3, -0.25) is 4.79 Å². The topological polar surface area (TPSA) is 78.6 Å². The van der Waals surface area contributed by atoms with Crippen LogP contribution in [0.15, 0.2) is 4.52 Å². The Balaban J connectivity index is 1.61. The molecular weight excluding hydrogens is 294 g/mol. The highest BCUT2D eigenvalue weighted by atomic mass is 35.5. The predicted octanol–water partition coefficient (Wildman–Crippen LogP) is 1.14. The number of rotatable bonds is 6. The molecule has 0 unspecified atom stereocenters. The molecule has 6 nitrogen and oxygen atoms in total. The molecule has 1 amide bonds. The summed E-state index contributed by atoms with van der Waals surface area (Å²) in [7, 11) is 0. The molecule has 1 aromatic rings. The number of likely N-dealkylation sites (tertiary alicyclic amines) is 1. The third kappa shape index (κ3) is 4.98. The fourth-order valence-electron chi connectivity index (χ4n) is 2.45. The number of carbonyl (C=O) groups is 1. The van der Waals surface area contributed by atoms with Gasteiger partial charge in [0.15, 0.2) is 0 Å². The van der Waals surface area contributed by atoms with Crippen LogP contribution in [-0.4, -0.2) is 53.4 Å². The molecule has 0 aliphatic carbocycles. The van der Waals surface area contributed by atoms with Crippen LogP contribution in [0.4, 0.5) is 0 Å². The predicted molar refractivity (Wildman–Crippen MR) is 79.3 cm³/mol. The van der Waals surface area contributed by atoms with E-state index in [4.69, 9.17) is 16.1 Å². The van der Waals surface area contributed by atoms with Crippen molar-refractivity contribution in [2.24, 2.45) is 0 Å². The minimum Gasteiger partial charge on any atom is -0.393 e. The summed E-state index contributed by atoms with van der Waals surface area (Å²) < 4.78 is 4.82. The zero-order valence-corrected chi connectivity index (χ0v) is 13.0. The van der Waals surface area contributed by atoms with Gasteiger partial charge in [0.05, 0.1) is 18.2 Å². The highest BCUT2D eigenvalue weighted by Crippen LogP contribution is 2.19. The first-order valence-electron chi connectivity index (χ1n) is 7.34. The Morgan fingerprint density at radius 3 is 2.86 bits per heavy atom. The van der Waals surface area contributed by atoms with E-state index >= 15 is 0 Å². The van der Waals surface area contributed by atoms with Crippen LogP contribution in [0.2, 0.25) is 5.22 Å². The van der Waals surface area contributed by atoms with Gasteiger partial charge in [-0.25, -0.2) is 0 Å². The van der Waals surface area contributed by atoms with Gasteiger partial charge in [0.1, 0.15) is 0 Å². The van der Waals surface area contributed by atoms with E-state index in [0.29, 0.717) is 17.8 Å². The molecule has 1 saturated heterocycles. The number of carbonyl (C=O) groups excluding carboxylic acids is 1. The fourth-order valence-corrected chi connectivity index (χ4v) is 2.69. The van der Waals surface area contributed by atoms with E-state index in [1.54, 1.807) is 6.92 Å². The molecule has 1 aromatic heterocycles. The molecule has 0 bridgehead atoms. The SMILES string of the molecule is Cc1noc(Cl)c1CC(=O)NCCCN1CCC(O)CC1. The second-order valence-corrected chi connectivity index (χ2v) is 5.82. The van der Waals surface area contributed by atoms with Gasteiger partial charge in [0, 0.05) is 25.2 Å². The average molecular weight is 316 g/mol. The summed E-state index contributed by atoms with van der Waals surface area (Å²) in [4.78, 5) is 14.1. The maximum absolute atomic E-state index is 11.8. The molecule has 0 atom stereocenters. The van der Waals surface area contributed by atoms with Gasteiger partial charge < -0.3 is 19.8 Å². The Hall–Kier alpha value is -1.11. The smallest absolute Gasteiger partial charge is 0.229 e. The monoisotopic (exact) mass is 315 g/mol. The Morgan fingerprint density at radius 2 is 2.24 bits per heavy atom. The van der Waals surface area contributed by atoms with Crippen molar-refractivity contribution in [1.29, 1.82) is 0 Å². The van der Waals surface area contributed by atoms with E-state index in [-0.39, 0.29) is 23.7 Å². The number of piperidine rings is 1. The molecule has 0 spiro atoms. The van der Waals surface area contributed by atoms with Crippen LogP contribution in [0.5, 0.6) is 0 Å². The molecule has 2 N–H and O–H groups in total. The number of hydrogen-bond acceptors (Lipinski definition) is 5. The van der Waals surface area contributed by atoms with Crippen molar-refractivity contribution in [2.45, 2.75) is 38.7 Å². The third-order valence-corrected chi connectivity index (χ3v) is 4.10. The number of nitrogens with zero attached hydrogens (tertiary/aromatic N) is 2. The van der Waals surface area contributed by atoms with Crippen LogP contribution in [0.3, 0.4) is 0 Å². The van der Waals surface area contributed by atoms with Crippen molar-refractivity contribution in [1.82, 2.24) is 15.4 Å². The van der Waals surface area contributed by atoms with Crippen molar-refractivity contribution < 1.29 is 14.4 Å². The molecule has 2 heterocycles. The largest absolute Gasteiger partial charge is 0.393 e. The maximum atomic E-state index is 11.8. The number of aryl methyl sites for hydroxylation is 1. The molecule has 21 heavy (non-hydrogen) atoms. The quantitative estimate of drug-likeness (QED) is 0.770. The summed E-state index contributed by atoms with van der Waals surface area (Å²) in [5.41, 5.74) is 1.31. The number of aliphatic hydroxyl groups is 1. The van der Waals surface area contributed by atoms with Crippen molar-refractivity contribution in [3.63, 3.8) is 0 Å². The highest BCUT2D eigenvalue weighted by molar-refractivity contribution is 6.29. The molecule has 7 heteroatoms. The molecule has 2 rings (SSSR count). The normalized spacial score (nSPS) is 17.1. The molecule has 1 fully saturated rings. The lowest BCUT2D eigenvalue weighted by Crippen LogP contribution is -2.37. The second kappa shape index (κ2) is 7.77. The van der Waals surface area contributed by atoms with E-state index in [0.717, 1.165) is 38.9 Å². The number of halogens is 1. The lowest BCUT2D eigenvalue weighted by molar-refractivity contribution is -0.120. The zero-order chi connectivity index (χ0) is 15.2. The second-order valence-electron chi connectivity index (χ2n) is 5.47. The highest BCUT2D eigenvalue weighted by Gasteiger charge is 2.17. The first-order chi connectivity index (χ1) is 10.1. The third-order valence-electron chi connectivity index (χ3n) is 3.80. The Bertz CT molecular complexity index is 451. The van der Waals surface area contributed by atoms with Gasteiger partial charge in [0.25, 0.3) is 0 Å². The van der Waals surface area contributed by atoms with Crippen LogP contribution in [0, 0.1) is 6.92 Å². The van der Waals surface area contributed by atoms with Crippen molar-refractivity contribution >= 4 is 17.5 Å². The zero-order valence-electron chi connectivity index (χ0n) is 12.3. The standard InChI is InChI=1S/C14H22ClN3O3/c1-10-12(14(15)21-17-10)9-13(20)16-5-2-6-18-7-3-11(19)4-8-18/h11,19H,2-9H2,1H3,(H,16,20). The van der Waals surface area contributed by atoms with Gasteiger partial charge in [0.2, 0.25) is 11.1 Å². The van der Waals surface area contributed by atoms with Crippen molar-refractivity contribution in [2.75, 3.05) is 26.2 Å². The number of aromatic nitrogens is 1. The summed E-state index contributed by atoms with van der Waals surface area (Å²) >= 11 is 5.83. The van der Waals surface area contributed by atoms with Crippen LogP contribution in [0.25, 0.3) is 0 Å². The minimum absolute atomic E-state index is 0.0720. The summed E-state index contributed by atoms with van der Waals surface area (Å²) in [5, 5.41) is 16.2. The van der Waals surface area contributed by atoms with Crippen LogP contribution in [0.1, 0.15) is 30.5 Å². The first-order valence-corrected chi connectivity index (χ1v) is 7.72. The fraction of sp³-hybridized carbons (Fsp3) is 0.714. The van der Waals surface area contributed by atoms with Gasteiger partial charge in [-0.15, -0.1) is 0 Å². The summed E-state index contributed by atoms with van der Waals surface area (Å²) in [6, 6.07) is 0. The first kappa shape index (κ1) is 16.3. The molecule has 0 saturated carbocycles. The number of nitrogens with one attached hydrogen (secondary N) is 1. The molecular formula is C14H22ClN3O3. The summed E-state index contributed by atoms with van der Waals surface area (Å²) in [5.74, 6) is -0.0720. The molecule has 0 radical (unpaired) electrons. The average Bonchev–Trinajstić information content (AvgIpc) is 2.77. The van der Waals surface area contributed by atoms with E-state index in [1.165, 1.54) is 0 Å². The molecule has 1 aliphatic heterocycles. The minimum atomic E-state index is -0.141. The molecule has 118 valence electrons. The Labute approximate surface area is 129 Å². The van der Waals surface area contributed by atoms with Gasteiger partial charge >= 0.3 is 0 Å². The molecule has 0 aromatic carbocycles. The van der Waals surface area contributed by atoms with Crippen molar-refractivity contribution in [3.8, 4) is 0 Å². The van der Waals surface area contributed by atoms with Crippen LogP contribution < -0.4 is 5.32 Å². The lowest BCUT2D eigenvalue weighted by atomic mass is 10.1. The number of amides is 1. The number of aliphatic hydroxyl groups excluding tert-OH is 1. The van der Waals surface area contributed by atoms with Crippen LogP contribution in [-0.2, 0) is 11.2 Å².